The van der Waals surface area contributed by atoms with Gasteiger partial charge in [0.25, 0.3) is 0 Å². The molecule has 172 valence electrons. The van der Waals surface area contributed by atoms with Gasteiger partial charge in [-0.25, -0.2) is 0 Å². The molecule has 1 aromatic carbocycles. The van der Waals surface area contributed by atoms with Crippen LogP contribution in [0.3, 0.4) is 0 Å². The van der Waals surface area contributed by atoms with Crippen LogP contribution in [0, 0.1) is 0 Å². The molecule has 1 aliphatic heterocycles. The number of aliphatic imine (C=N–C) groups is 1. The second-order valence-electron chi connectivity index (χ2n) is 7.63. The highest BCUT2D eigenvalue weighted by atomic mass is 127. The molecule has 0 fully saturated rings. The Hall–Kier alpha value is -2.56. The molecule has 0 radical (unpaired) electrons. The number of aromatic nitrogens is 3. The zero-order chi connectivity index (χ0) is 21.6. The third-order valence-corrected chi connectivity index (χ3v) is 5.30. The Kier molecular flexibility index (Phi) is 8.54. The van der Waals surface area contributed by atoms with Crippen LogP contribution in [0.25, 0.3) is 5.65 Å². The largest absolute Gasteiger partial charge is 0.494 e. The quantitative estimate of drug-likeness (QED) is 0.194. The maximum absolute atomic E-state index is 5.92. The van der Waals surface area contributed by atoms with Crippen LogP contribution in [-0.2, 0) is 19.4 Å². The van der Waals surface area contributed by atoms with E-state index in [-0.39, 0.29) is 30.1 Å². The Bertz CT molecular complexity index is 1070. The van der Waals surface area contributed by atoms with E-state index in [4.69, 9.17) is 9.47 Å². The second-order valence-corrected chi connectivity index (χ2v) is 7.63. The monoisotopic (exact) mass is 550 g/mol. The number of hydrogen-bond donors (Lipinski definition) is 2. The van der Waals surface area contributed by atoms with Crippen molar-refractivity contribution in [2.75, 3.05) is 20.2 Å². The SMILES string of the molecule is CCOc1cc2c(cc1CNC(=NC)NCCCc1nnc3ccccn13)OC(C)C2.I. The molecule has 1 atom stereocenters. The van der Waals surface area contributed by atoms with Crippen LogP contribution in [0.5, 0.6) is 11.5 Å². The molecule has 0 saturated heterocycles. The molecule has 3 aromatic rings. The molecule has 1 aliphatic rings. The lowest BCUT2D eigenvalue weighted by molar-refractivity contribution is 0.254. The van der Waals surface area contributed by atoms with Crippen molar-refractivity contribution in [1.82, 2.24) is 25.2 Å². The first-order valence-electron chi connectivity index (χ1n) is 10.9. The minimum Gasteiger partial charge on any atom is -0.494 e. The van der Waals surface area contributed by atoms with E-state index in [9.17, 15) is 0 Å². The fraction of sp³-hybridized carbons (Fsp3) is 0.435. The number of nitrogens with zero attached hydrogens (tertiary/aromatic N) is 4. The summed E-state index contributed by atoms with van der Waals surface area (Å²) in [6.45, 7) is 6.11. The summed E-state index contributed by atoms with van der Waals surface area (Å²) in [6.07, 6.45) is 4.89. The molecule has 4 rings (SSSR count). The Morgan fingerprint density at radius 3 is 2.97 bits per heavy atom. The van der Waals surface area contributed by atoms with Gasteiger partial charge >= 0.3 is 0 Å². The fourth-order valence-electron chi connectivity index (χ4n) is 3.82. The molecule has 2 N–H and O–H groups in total. The number of hydrogen-bond acceptors (Lipinski definition) is 5. The van der Waals surface area contributed by atoms with Crippen LogP contribution in [-0.4, -0.2) is 46.9 Å². The van der Waals surface area contributed by atoms with Crippen LogP contribution in [0.15, 0.2) is 41.5 Å². The van der Waals surface area contributed by atoms with Gasteiger partial charge in [-0.05, 0) is 44.5 Å². The van der Waals surface area contributed by atoms with Crippen molar-refractivity contribution in [3.05, 3.63) is 53.5 Å². The lowest BCUT2D eigenvalue weighted by Gasteiger charge is -2.15. The van der Waals surface area contributed by atoms with Gasteiger partial charge in [0.1, 0.15) is 23.4 Å². The van der Waals surface area contributed by atoms with E-state index in [1.807, 2.05) is 35.7 Å². The second kappa shape index (κ2) is 11.3. The molecular formula is C23H31IN6O2. The average molecular weight is 550 g/mol. The van der Waals surface area contributed by atoms with E-state index in [0.717, 1.165) is 60.3 Å². The fourth-order valence-corrected chi connectivity index (χ4v) is 3.82. The topological polar surface area (TPSA) is 85.1 Å². The van der Waals surface area contributed by atoms with E-state index < -0.39 is 0 Å². The summed E-state index contributed by atoms with van der Waals surface area (Å²) in [5.74, 6) is 3.58. The van der Waals surface area contributed by atoms with Crippen LogP contribution >= 0.6 is 24.0 Å². The molecule has 0 spiro atoms. The molecule has 3 heterocycles. The number of guanidine groups is 1. The predicted octanol–water partition coefficient (Wildman–Crippen LogP) is 3.37. The van der Waals surface area contributed by atoms with Crippen LogP contribution in [0.4, 0.5) is 0 Å². The molecule has 8 nitrogen and oxygen atoms in total. The minimum absolute atomic E-state index is 0. The molecule has 9 heteroatoms. The van der Waals surface area contributed by atoms with Gasteiger partial charge in [-0.15, -0.1) is 34.2 Å². The van der Waals surface area contributed by atoms with Gasteiger partial charge in [-0.2, -0.15) is 0 Å². The third-order valence-electron chi connectivity index (χ3n) is 5.30. The maximum atomic E-state index is 5.92. The first kappa shape index (κ1) is 24.1. The van der Waals surface area contributed by atoms with Crippen molar-refractivity contribution in [1.29, 1.82) is 0 Å². The molecule has 0 aliphatic carbocycles. The number of benzene rings is 1. The summed E-state index contributed by atoms with van der Waals surface area (Å²) in [4.78, 5) is 4.34. The summed E-state index contributed by atoms with van der Waals surface area (Å²) < 4.78 is 13.8. The average Bonchev–Trinajstić information content (AvgIpc) is 3.35. The van der Waals surface area contributed by atoms with Crippen LogP contribution < -0.4 is 20.1 Å². The van der Waals surface area contributed by atoms with E-state index in [2.05, 4.69) is 44.9 Å². The summed E-state index contributed by atoms with van der Waals surface area (Å²) in [5.41, 5.74) is 3.15. The first-order valence-corrected chi connectivity index (χ1v) is 10.9. The number of nitrogens with one attached hydrogen (secondary N) is 2. The number of rotatable bonds is 8. The summed E-state index contributed by atoms with van der Waals surface area (Å²) in [6, 6.07) is 10.1. The molecular weight excluding hydrogens is 519 g/mol. The van der Waals surface area contributed by atoms with Gasteiger partial charge in [0.05, 0.1) is 6.61 Å². The predicted molar refractivity (Wildman–Crippen MR) is 136 cm³/mol. The van der Waals surface area contributed by atoms with Crippen molar-refractivity contribution >= 4 is 35.6 Å². The molecule has 0 bridgehead atoms. The molecule has 0 amide bonds. The van der Waals surface area contributed by atoms with Gasteiger partial charge in [-0.3, -0.25) is 9.39 Å². The number of fused-ring (bicyclic) bond motifs is 2. The zero-order valence-electron chi connectivity index (χ0n) is 18.8. The van der Waals surface area contributed by atoms with Crippen molar-refractivity contribution in [2.24, 2.45) is 4.99 Å². The lowest BCUT2D eigenvalue weighted by atomic mass is 10.1. The normalized spacial score (nSPS) is 15.1. The Balaban J connectivity index is 0.00000289. The zero-order valence-corrected chi connectivity index (χ0v) is 21.1. The summed E-state index contributed by atoms with van der Waals surface area (Å²) in [7, 11) is 1.78. The molecule has 2 aromatic heterocycles. The summed E-state index contributed by atoms with van der Waals surface area (Å²) in [5, 5.41) is 15.2. The molecule has 0 saturated carbocycles. The molecule has 1 unspecified atom stereocenters. The molecule has 32 heavy (non-hydrogen) atoms. The van der Waals surface area contributed by atoms with E-state index in [1.165, 1.54) is 5.56 Å². The van der Waals surface area contributed by atoms with E-state index in [1.54, 1.807) is 7.05 Å². The highest BCUT2D eigenvalue weighted by Crippen LogP contribution is 2.35. The van der Waals surface area contributed by atoms with Gasteiger partial charge in [0.15, 0.2) is 11.6 Å². The number of pyridine rings is 1. The first-order chi connectivity index (χ1) is 15.2. The van der Waals surface area contributed by atoms with Crippen molar-refractivity contribution in [3.63, 3.8) is 0 Å². The lowest BCUT2D eigenvalue weighted by Crippen LogP contribution is -2.37. The van der Waals surface area contributed by atoms with Crippen LogP contribution in [0.1, 0.15) is 37.2 Å². The Labute approximate surface area is 205 Å². The van der Waals surface area contributed by atoms with Gasteiger partial charge in [-0.1, -0.05) is 6.07 Å². The van der Waals surface area contributed by atoms with Crippen LogP contribution in [0.2, 0.25) is 0 Å². The third kappa shape index (κ3) is 5.62. The number of aryl methyl sites for hydroxylation is 1. The highest BCUT2D eigenvalue weighted by molar-refractivity contribution is 14.0. The maximum Gasteiger partial charge on any atom is 0.191 e. The van der Waals surface area contributed by atoms with Gasteiger partial charge < -0.3 is 20.1 Å². The van der Waals surface area contributed by atoms with Crippen molar-refractivity contribution in [3.8, 4) is 11.5 Å². The highest BCUT2D eigenvalue weighted by Gasteiger charge is 2.21. The smallest absolute Gasteiger partial charge is 0.191 e. The standard InChI is InChI=1S/C23H30N6O2.HI/c1-4-30-19-13-17-12-16(2)31-20(17)14-18(19)15-26-23(24-3)25-10-7-9-22-28-27-21-8-5-6-11-29(21)22;/h5-6,8,11,13-14,16H,4,7,9-10,12,15H2,1-3H3,(H2,24,25,26);1H. The van der Waals surface area contributed by atoms with Gasteiger partial charge in [0.2, 0.25) is 0 Å². The Morgan fingerprint density at radius 2 is 2.16 bits per heavy atom. The van der Waals surface area contributed by atoms with Crippen molar-refractivity contribution in [2.45, 2.75) is 45.8 Å². The minimum atomic E-state index is 0. The summed E-state index contributed by atoms with van der Waals surface area (Å²) >= 11 is 0. The van der Waals surface area contributed by atoms with E-state index >= 15 is 0 Å². The Morgan fingerprint density at radius 1 is 1.28 bits per heavy atom. The van der Waals surface area contributed by atoms with E-state index in [0.29, 0.717) is 13.2 Å². The number of ether oxygens (including phenoxy) is 2. The van der Waals surface area contributed by atoms with Gasteiger partial charge in [0, 0.05) is 50.3 Å². The van der Waals surface area contributed by atoms with Crippen molar-refractivity contribution < 1.29 is 9.47 Å². The number of halogens is 1.